The monoisotopic (exact) mass is 463 g/mol. The maximum absolute atomic E-state index is 5.15. The number of anilines is 1. The molecule has 0 aliphatic carbocycles. The van der Waals surface area contributed by atoms with Gasteiger partial charge in [-0.2, -0.15) is 0 Å². The average molecular weight is 464 g/mol. The van der Waals surface area contributed by atoms with E-state index in [1.54, 1.807) is 0 Å². The van der Waals surface area contributed by atoms with Gasteiger partial charge in [0.1, 0.15) is 0 Å². The molecular formula is C33H25N3. The molecule has 3 heterocycles. The topological polar surface area (TPSA) is 31.9 Å². The van der Waals surface area contributed by atoms with Crippen LogP contribution in [-0.4, -0.2) is 9.97 Å². The third kappa shape index (κ3) is 3.48. The molecule has 1 aliphatic rings. The Morgan fingerprint density at radius 3 is 2.42 bits per heavy atom. The van der Waals surface area contributed by atoms with Crippen molar-refractivity contribution < 1.29 is 0 Å². The molecule has 1 unspecified atom stereocenters. The molecule has 3 nitrogen and oxygen atoms in total. The third-order valence-electron chi connectivity index (χ3n) is 7.19. The van der Waals surface area contributed by atoms with Crippen molar-refractivity contribution in [2.75, 3.05) is 4.90 Å². The molecule has 3 heteroatoms. The van der Waals surface area contributed by atoms with E-state index in [2.05, 4.69) is 138 Å². The number of benzene rings is 4. The molecule has 36 heavy (non-hydrogen) atoms. The van der Waals surface area contributed by atoms with E-state index in [0.717, 1.165) is 28.7 Å². The second-order valence-electron chi connectivity index (χ2n) is 9.37. The van der Waals surface area contributed by atoms with E-state index in [-0.39, 0.29) is 5.92 Å². The summed E-state index contributed by atoms with van der Waals surface area (Å²) in [5, 5.41) is 2.41. The highest BCUT2D eigenvalue weighted by Crippen LogP contribution is 2.47. The van der Waals surface area contributed by atoms with Crippen LogP contribution in [0.15, 0.2) is 128 Å². The number of aromatic nitrogens is 2. The van der Waals surface area contributed by atoms with Crippen LogP contribution in [-0.2, 0) is 6.54 Å². The van der Waals surface area contributed by atoms with Crippen LogP contribution in [0.3, 0.4) is 0 Å². The van der Waals surface area contributed by atoms with Gasteiger partial charge >= 0.3 is 0 Å². The molecule has 0 spiro atoms. The lowest BCUT2D eigenvalue weighted by Crippen LogP contribution is -2.24. The number of allylic oxidation sites excluding steroid dienone is 1. The van der Waals surface area contributed by atoms with Gasteiger partial charge in [0, 0.05) is 52.4 Å². The van der Waals surface area contributed by atoms with Gasteiger partial charge in [0.25, 0.3) is 0 Å². The van der Waals surface area contributed by atoms with Crippen molar-refractivity contribution in [3.63, 3.8) is 0 Å². The first kappa shape index (κ1) is 20.7. The number of hydrogen-bond acceptors (Lipinski definition) is 2. The van der Waals surface area contributed by atoms with E-state index in [1.807, 2.05) is 0 Å². The fourth-order valence-electron chi connectivity index (χ4n) is 5.49. The zero-order chi connectivity index (χ0) is 23.9. The average Bonchev–Trinajstić information content (AvgIpc) is 3.37. The minimum absolute atomic E-state index is 0.0676. The van der Waals surface area contributed by atoms with Gasteiger partial charge in [-0.25, -0.2) is 4.98 Å². The number of H-pyrrole nitrogens is 1. The van der Waals surface area contributed by atoms with Gasteiger partial charge in [-0.3, -0.25) is 0 Å². The van der Waals surface area contributed by atoms with Crippen molar-refractivity contribution in [2.24, 2.45) is 0 Å². The minimum Gasteiger partial charge on any atom is -0.361 e. The summed E-state index contributed by atoms with van der Waals surface area (Å²) in [6.07, 6.45) is 4.49. The van der Waals surface area contributed by atoms with Crippen LogP contribution in [0.5, 0.6) is 0 Å². The Kier molecular flexibility index (Phi) is 4.92. The molecule has 172 valence electrons. The quantitative estimate of drug-likeness (QED) is 0.288. The molecule has 6 aromatic rings. The number of hydrogen-bond donors (Lipinski definition) is 1. The van der Waals surface area contributed by atoms with Gasteiger partial charge in [0.15, 0.2) is 0 Å². The van der Waals surface area contributed by atoms with Crippen molar-refractivity contribution in [2.45, 2.75) is 12.5 Å². The summed E-state index contributed by atoms with van der Waals surface area (Å²) >= 11 is 0. The highest BCUT2D eigenvalue weighted by atomic mass is 15.1. The number of fused-ring (bicyclic) bond motifs is 3. The molecule has 1 atom stereocenters. The normalized spacial score (nSPS) is 15.2. The Labute approximate surface area is 210 Å². The van der Waals surface area contributed by atoms with E-state index in [9.17, 15) is 0 Å². The number of pyridine rings is 1. The van der Waals surface area contributed by atoms with E-state index < -0.39 is 0 Å². The van der Waals surface area contributed by atoms with Crippen LogP contribution in [0.2, 0.25) is 0 Å². The molecule has 2 aromatic heterocycles. The van der Waals surface area contributed by atoms with E-state index in [1.165, 1.54) is 33.3 Å². The van der Waals surface area contributed by atoms with Crippen LogP contribution in [0.1, 0.15) is 28.3 Å². The van der Waals surface area contributed by atoms with Crippen molar-refractivity contribution >= 4 is 33.1 Å². The number of aromatic amines is 1. The summed E-state index contributed by atoms with van der Waals surface area (Å²) in [5.41, 5.74) is 9.48. The summed E-state index contributed by atoms with van der Waals surface area (Å²) < 4.78 is 0. The second-order valence-corrected chi connectivity index (χ2v) is 9.37. The zero-order valence-electron chi connectivity index (χ0n) is 19.8. The van der Waals surface area contributed by atoms with E-state index in [0.29, 0.717) is 0 Å². The SMILES string of the molecule is C1=C(c2ccc3ccccc3n2)C(c2c[nH]c3ccccc23)c2ccccc2N1Cc1ccccc1. The molecule has 1 N–H and O–H groups in total. The number of nitrogens with one attached hydrogen (secondary N) is 1. The summed E-state index contributed by atoms with van der Waals surface area (Å²) in [4.78, 5) is 11.0. The molecule has 0 amide bonds. The first-order valence-electron chi connectivity index (χ1n) is 12.4. The molecule has 1 aliphatic heterocycles. The van der Waals surface area contributed by atoms with Gasteiger partial charge in [0.2, 0.25) is 0 Å². The predicted molar refractivity (Wildman–Crippen MR) is 149 cm³/mol. The largest absolute Gasteiger partial charge is 0.361 e. The van der Waals surface area contributed by atoms with Gasteiger partial charge in [0.05, 0.1) is 11.2 Å². The highest BCUT2D eigenvalue weighted by molar-refractivity contribution is 5.92. The third-order valence-corrected chi connectivity index (χ3v) is 7.19. The number of nitrogens with zero attached hydrogens (tertiary/aromatic N) is 2. The number of rotatable bonds is 4. The first-order chi connectivity index (χ1) is 17.8. The smallest absolute Gasteiger partial charge is 0.0709 e. The zero-order valence-corrected chi connectivity index (χ0v) is 19.8. The van der Waals surface area contributed by atoms with Gasteiger partial charge in [-0.15, -0.1) is 0 Å². The Hall–Kier alpha value is -4.63. The van der Waals surface area contributed by atoms with E-state index >= 15 is 0 Å². The van der Waals surface area contributed by atoms with E-state index in [4.69, 9.17) is 4.98 Å². The van der Waals surface area contributed by atoms with Crippen LogP contribution >= 0.6 is 0 Å². The minimum atomic E-state index is 0.0676. The van der Waals surface area contributed by atoms with Crippen molar-refractivity contribution in [3.8, 4) is 0 Å². The molecule has 0 saturated heterocycles. The summed E-state index contributed by atoms with van der Waals surface area (Å²) in [6.45, 7) is 0.801. The van der Waals surface area contributed by atoms with Crippen LogP contribution in [0.4, 0.5) is 5.69 Å². The molecule has 4 aromatic carbocycles. The lowest BCUT2D eigenvalue weighted by atomic mass is 9.80. The lowest BCUT2D eigenvalue weighted by molar-refractivity contribution is 0.903. The van der Waals surface area contributed by atoms with Crippen LogP contribution < -0.4 is 4.90 Å². The fourth-order valence-corrected chi connectivity index (χ4v) is 5.49. The highest BCUT2D eigenvalue weighted by Gasteiger charge is 2.31. The predicted octanol–water partition coefficient (Wildman–Crippen LogP) is 7.91. The summed E-state index contributed by atoms with van der Waals surface area (Å²) in [6, 6.07) is 40.7. The maximum atomic E-state index is 5.15. The summed E-state index contributed by atoms with van der Waals surface area (Å²) in [7, 11) is 0. The van der Waals surface area contributed by atoms with Gasteiger partial charge in [-0.1, -0.05) is 91.0 Å². The van der Waals surface area contributed by atoms with Crippen molar-refractivity contribution in [1.82, 2.24) is 9.97 Å². The molecule has 0 saturated carbocycles. The van der Waals surface area contributed by atoms with Crippen LogP contribution in [0, 0.1) is 0 Å². The Morgan fingerprint density at radius 1 is 0.694 bits per heavy atom. The van der Waals surface area contributed by atoms with Crippen molar-refractivity contribution in [1.29, 1.82) is 0 Å². The van der Waals surface area contributed by atoms with Gasteiger partial charge in [-0.05, 0) is 41.0 Å². The Morgan fingerprint density at radius 2 is 1.47 bits per heavy atom. The second kappa shape index (κ2) is 8.54. The van der Waals surface area contributed by atoms with Crippen molar-refractivity contribution in [3.05, 3.63) is 150 Å². The fraction of sp³-hybridized carbons (Fsp3) is 0.0606. The number of para-hydroxylation sites is 3. The van der Waals surface area contributed by atoms with Crippen LogP contribution in [0.25, 0.3) is 27.4 Å². The molecule has 0 fully saturated rings. The molecule has 0 radical (unpaired) electrons. The standard InChI is InChI=1S/C33H25N3/c1-2-10-23(11-3-1)21-36-22-28(31-19-18-24-12-4-7-15-29(24)35-31)33(26-14-6-9-17-32(26)36)27-20-34-30-16-8-5-13-25(27)30/h1-20,22,33-34H,21H2. The molecule has 0 bridgehead atoms. The first-order valence-corrected chi connectivity index (χ1v) is 12.4. The summed E-state index contributed by atoms with van der Waals surface area (Å²) in [5.74, 6) is 0.0676. The maximum Gasteiger partial charge on any atom is 0.0709 e. The molecular weight excluding hydrogens is 438 g/mol. The Balaban J connectivity index is 1.46. The molecule has 7 rings (SSSR count). The van der Waals surface area contributed by atoms with Gasteiger partial charge < -0.3 is 9.88 Å². The lowest BCUT2D eigenvalue weighted by Gasteiger charge is -2.35. The Bertz CT molecular complexity index is 1730.